The maximum atomic E-state index is 12.8. The maximum absolute atomic E-state index is 12.8. The van der Waals surface area contributed by atoms with Crippen molar-refractivity contribution < 1.29 is 38.4 Å². The van der Waals surface area contributed by atoms with E-state index in [1.807, 2.05) is 0 Å². The zero-order chi connectivity index (χ0) is 27.1. The van der Waals surface area contributed by atoms with E-state index in [0.717, 1.165) is 0 Å². The van der Waals surface area contributed by atoms with E-state index in [-0.39, 0.29) is 38.5 Å². The summed E-state index contributed by atoms with van der Waals surface area (Å²) in [4.78, 5) is 93.0. The lowest BCUT2D eigenvalue weighted by molar-refractivity contribution is -0.133. The topological polar surface area (TPSA) is 303 Å². The summed E-state index contributed by atoms with van der Waals surface area (Å²) in [5.41, 5.74) is 25.9. The second kappa shape index (κ2) is 15.7. The lowest BCUT2D eigenvalue weighted by Gasteiger charge is -2.24. The third-order valence-electron chi connectivity index (χ3n) is 4.53. The first-order chi connectivity index (χ1) is 16.3. The van der Waals surface area contributed by atoms with E-state index < -0.39 is 71.9 Å². The molecule has 7 amide bonds. The average Bonchev–Trinajstić information content (AvgIpc) is 2.75. The molecule has 0 rings (SSSR count). The molecule has 0 aromatic carbocycles. The molecule has 0 heterocycles. The van der Waals surface area contributed by atoms with Gasteiger partial charge in [-0.15, -0.1) is 0 Å². The Hall–Kier alpha value is -4.08. The highest BCUT2D eigenvalue weighted by Gasteiger charge is 2.30. The van der Waals surface area contributed by atoms with Gasteiger partial charge in [0.1, 0.15) is 18.1 Å². The maximum Gasteiger partial charge on any atom is 0.243 e. The number of hydrogen-bond donors (Lipinski definition) is 8. The van der Waals surface area contributed by atoms with Gasteiger partial charge in [-0.3, -0.25) is 38.4 Å². The van der Waals surface area contributed by atoms with Gasteiger partial charge in [-0.2, -0.15) is 0 Å². The molecule has 0 fully saturated rings. The SMILES string of the molecule is NC(=O)CC[C@H](NC(=O)[C@H](CCC(N)=O)NC(=O)[C@@H](N)CCC(N)=O)C(=O)N[C@H]([C]=O)CC(N)=O. The Kier molecular flexibility index (Phi) is 13.9. The number of carbonyl (C=O) groups excluding carboxylic acids is 8. The van der Waals surface area contributed by atoms with Crippen molar-refractivity contribution in [3.63, 3.8) is 0 Å². The highest BCUT2D eigenvalue weighted by atomic mass is 16.2. The molecule has 0 aliphatic carbocycles. The van der Waals surface area contributed by atoms with E-state index in [0.29, 0.717) is 0 Å². The summed E-state index contributed by atoms with van der Waals surface area (Å²) in [6.07, 6.45) is -0.706. The summed E-state index contributed by atoms with van der Waals surface area (Å²) in [5, 5.41) is 6.73. The largest absolute Gasteiger partial charge is 0.370 e. The lowest BCUT2D eigenvalue weighted by Crippen LogP contribution is -2.57. The fourth-order valence-electron chi connectivity index (χ4n) is 2.69. The van der Waals surface area contributed by atoms with Crippen molar-refractivity contribution in [2.45, 2.75) is 69.1 Å². The highest BCUT2D eigenvalue weighted by Crippen LogP contribution is 2.05. The Labute approximate surface area is 200 Å². The quantitative estimate of drug-likeness (QED) is 0.0890. The average molecular weight is 500 g/mol. The predicted octanol–water partition coefficient (Wildman–Crippen LogP) is -5.45. The van der Waals surface area contributed by atoms with Crippen LogP contribution in [0.15, 0.2) is 0 Å². The number of amides is 7. The number of hydrogen-bond acceptors (Lipinski definition) is 9. The first-order valence-corrected chi connectivity index (χ1v) is 10.4. The molecule has 0 aliphatic heterocycles. The molecule has 0 saturated carbocycles. The number of nitrogens with two attached hydrogens (primary N) is 5. The molecule has 0 saturated heterocycles. The number of nitrogens with one attached hydrogen (secondary N) is 3. The number of carbonyl (C=O) groups is 7. The van der Waals surface area contributed by atoms with Crippen LogP contribution in [0.3, 0.4) is 0 Å². The van der Waals surface area contributed by atoms with Crippen molar-refractivity contribution in [3.8, 4) is 0 Å². The molecule has 0 bridgehead atoms. The van der Waals surface area contributed by atoms with Gasteiger partial charge < -0.3 is 44.6 Å². The van der Waals surface area contributed by atoms with Crippen molar-refractivity contribution in [2.75, 3.05) is 0 Å². The molecule has 0 aromatic rings. The number of rotatable bonds is 18. The van der Waals surface area contributed by atoms with E-state index in [1.54, 1.807) is 0 Å². The summed E-state index contributed by atoms with van der Waals surface area (Å²) in [7, 11) is 0. The van der Waals surface area contributed by atoms with E-state index in [1.165, 1.54) is 6.29 Å². The first kappa shape index (κ1) is 30.9. The monoisotopic (exact) mass is 499 g/mol. The van der Waals surface area contributed by atoms with Crippen LogP contribution in [-0.2, 0) is 38.4 Å². The van der Waals surface area contributed by atoms with Crippen LogP contribution in [0.2, 0.25) is 0 Å². The third kappa shape index (κ3) is 13.9. The minimum atomic E-state index is -1.43. The summed E-state index contributed by atoms with van der Waals surface area (Å²) >= 11 is 0. The van der Waals surface area contributed by atoms with Gasteiger partial charge in [0.25, 0.3) is 0 Å². The highest BCUT2D eigenvalue weighted by molar-refractivity contribution is 5.94. The van der Waals surface area contributed by atoms with Crippen LogP contribution in [-0.4, -0.2) is 71.8 Å². The van der Waals surface area contributed by atoms with Crippen molar-refractivity contribution >= 4 is 47.6 Å². The van der Waals surface area contributed by atoms with Crippen LogP contribution in [0.25, 0.3) is 0 Å². The molecule has 195 valence electrons. The van der Waals surface area contributed by atoms with E-state index in [2.05, 4.69) is 16.0 Å². The minimum absolute atomic E-state index is 0.113. The van der Waals surface area contributed by atoms with Crippen LogP contribution in [0.5, 0.6) is 0 Å². The van der Waals surface area contributed by atoms with Crippen LogP contribution in [0.4, 0.5) is 0 Å². The number of primary amides is 4. The van der Waals surface area contributed by atoms with Gasteiger partial charge in [0.05, 0.1) is 12.5 Å². The minimum Gasteiger partial charge on any atom is -0.370 e. The van der Waals surface area contributed by atoms with E-state index in [4.69, 9.17) is 28.7 Å². The first-order valence-electron chi connectivity index (χ1n) is 10.4. The smallest absolute Gasteiger partial charge is 0.243 e. The lowest BCUT2D eigenvalue weighted by atomic mass is 10.1. The third-order valence-corrected chi connectivity index (χ3v) is 4.53. The van der Waals surface area contributed by atoms with Crippen LogP contribution < -0.4 is 44.6 Å². The molecule has 35 heavy (non-hydrogen) atoms. The molecular weight excluding hydrogens is 468 g/mol. The summed E-state index contributed by atoms with van der Waals surface area (Å²) in [6.45, 7) is 0. The predicted molar refractivity (Wildman–Crippen MR) is 119 cm³/mol. The van der Waals surface area contributed by atoms with Crippen molar-refractivity contribution in [3.05, 3.63) is 0 Å². The van der Waals surface area contributed by atoms with Crippen LogP contribution >= 0.6 is 0 Å². The fraction of sp³-hybridized carbons (Fsp3) is 0.579. The molecule has 0 spiro atoms. The standard InChI is InChI=1S/C19H31N8O8/c20-10(1-4-13(21)29)17(33)26-12(3-6-15(23)31)19(35)27-11(2-5-14(22)30)18(34)25-9(8-28)7-16(24)32/h9-12H,1-7,20H2,(H2,21,29)(H2,22,30)(H2,23,31)(H2,24,32)(H,25,34)(H,26,33)(H,27,35)/t9-,10-,11-,12-/m0/s1. The van der Waals surface area contributed by atoms with Gasteiger partial charge in [-0.25, -0.2) is 0 Å². The molecule has 0 aromatic heterocycles. The molecule has 1 radical (unpaired) electrons. The molecule has 0 aliphatic rings. The van der Waals surface area contributed by atoms with Gasteiger partial charge in [0, 0.05) is 19.3 Å². The summed E-state index contributed by atoms with van der Waals surface area (Å²) < 4.78 is 0. The molecule has 4 atom stereocenters. The van der Waals surface area contributed by atoms with Gasteiger partial charge >= 0.3 is 0 Å². The molecular formula is C19H31N8O8. The fourth-order valence-corrected chi connectivity index (χ4v) is 2.69. The molecule has 16 nitrogen and oxygen atoms in total. The van der Waals surface area contributed by atoms with Crippen molar-refractivity contribution in [1.29, 1.82) is 0 Å². The Balaban J connectivity index is 5.55. The Bertz CT molecular complexity index is 834. The van der Waals surface area contributed by atoms with Gasteiger partial charge in [0.2, 0.25) is 47.6 Å². The Morgan fingerprint density at radius 1 is 0.600 bits per heavy atom. The van der Waals surface area contributed by atoms with Gasteiger partial charge in [-0.05, 0) is 19.3 Å². The van der Waals surface area contributed by atoms with Crippen LogP contribution in [0.1, 0.15) is 44.9 Å². The normalized spacial score (nSPS) is 13.9. The second-order valence-corrected chi connectivity index (χ2v) is 7.59. The summed E-state index contributed by atoms with van der Waals surface area (Å²) in [6, 6.07) is -5.45. The zero-order valence-corrected chi connectivity index (χ0v) is 18.9. The van der Waals surface area contributed by atoms with Crippen LogP contribution in [0, 0.1) is 0 Å². The Morgan fingerprint density at radius 2 is 1.00 bits per heavy atom. The van der Waals surface area contributed by atoms with E-state index >= 15 is 0 Å². The molecule has 16 heteroatoms. The molecule has 13 N–H and O–H groups in total. The Morgan fingerprint density at radius 3 is 1.40 bits per heavy atom. The van der Waals surface area contributed by atoms with Crippen molar-refractivity contribution in [1.82, 2.24) is 16.0 Å². The van der Waals surface area contributed by atoms with Crippen molar-refractivity contribution in [2.24, 2.45) is 28.7 Å². The summed E-state index contributed by atoms with van der Waals surface area (Å²) in [5.74, 6) is -5.94. The zero-order valence-electron chi connectivity index (χ0n) is 18.9. The molecule has 0 unspecified atom stereocenters. The van der Waals surface area contributed by atoms with E-state index in [9.17, 15) is 38.4 Å². The van der Waals surface area contributed by atoms with Gasteiger partial charge in [0.15, 0.2) is 0 Å². The van der Waals surface area contributed by atoms with Gasteiger partial charge in [-0.1, -0.05) is 0 Å². The second-order valence-electron chi connectivity index (χ2n) is 7.59.